The number of ether oxygens (including phenoxy) is 3. The van der Waals surface area contributed by atoms with E-state index in [-0.39, 0.29) is 0 Å². The monoisotopic (exact) mass is 229 g/mol. The summed E-state index contributed by atoms with van der Waals surface area (Å²) in [4.78, 5) is 0. The van der Waals surface area contributed by atoms with Gasteiger partial charge < -0.3 is 19.9 Å². The third-order valence-corrected chi connectivity index (χ3v) is 2.30. The van der Waals surface area contributed by atoms with E-state index in [0.29, 0.717) is 22.8 Å². The van der Waals surface area contributed by atoms with Crippen LogP contribution in [0.2, 0.25) is 0 Å². The van der Waals surface area contributed by atoms with Crippen molar-refractivity contribution in [2.75, 3.05) is 28.0 Å². The average molecular weight is 229 g/mol. The molecule has 16 heavy (non-hydrogen) atoms. The molecule has 0 aliphatic carbocycles. The van der Waals surface area contributed by atoms with Crippen LogP contribution < -0.4 is 19.9 Å². The van der Waals surface area contributed by atoms with E-state index in [0.717, 1.165) is 0 Å². The summed E-state index contributed by atoms with van der Waals surface area (Å²) in [6.07, 6.45) is 0. The second-order valence-electron chi connectivity index (χ2n) is 3.21. The molecule has 0 saturated heterocycles. The van der Waals surface area contributed by atoms with Crippen molar-refractivity contribution in [1.82, 2.24) is 0 Å². The lowest BCUT2D eigenvalue weighted by Gasteiger charge is -2.16. The Kier molecular flexibility index (Phi) is 4.37. The van der Waals surface area contributed by atoms with E-state index in [9.17, 15) is 4.39 Å². The lowest BCUT2D eigenvalue weighted by atomic mass is 10.1. The molecule has 4 nitrogen and oxygen atoms in total. The quantitative estimate of drug-likeness (QED) is 0.834. The van der Waals surface area contributed by atoms with Gasteiger partial charge in [-0.25, -0.2) is 4.39 Å². The summed E-state index contributed by atoms with van der Waals surface area (Å²) in [5, 5.41) is 0. The molecule has 0 aromatic heterocycles. The van der Waals surface area contributed by atoms with Gasteiger partial charge in [0, 0.05) is 11.6 Å². The van der Waals surface area contributed by atoms with Crippen molar-refractivity contribution in [3.63, 3.8) is 0 Å². The van der Waals surface area contributed by atoms with Crippen LogP contribution in [-0.2, 0) is 0 Å². The molecule has 0 amide bonds. The van der Waals surface area contributed by atoms with Gasteiger partial charge >= 0.3 is 0 Å². The van der Waals surface area contributed by atoms with Gasteiger partial charge in [0.2, 0.25) is 0 Å². The fourth-order valence-electron chi connectivity index (χ4n) is 1.43. The molecule has 2 N–H and O–H groups in total. The van der Waals surface area contributed by atoms with E-state index < -0.39 is 12.7 Å². The minimum Gasteiger partial charge on any atom is -0.496 e. The lowest BCUT2D eigenvalue weighted by Crippen LogP contribution is -2.13. The maximum Gasteiger partial charge on any atom is 0.164 e. The van der Waals surface area contributed by atoms with E-state index in [1.807, 2.05) is 0 Å². The first-order chi connectivity index (χ1) is 7.67. The summed E-state index contributed by atoms with van der Waals surface area (Å²) in [5.74, 6) is 1.51. The number of hydrogen-bond donors (Lipinski definition) is 1. The Balaban J connectivity index is 3.25. The van der Waals surface area contributed by atoms with Crippen LogP contribution in [0, 0.1) is 0 Å². The smallest absolute Gasteiger partial charge is 0.164 e. The van der Waals surface area contributed by atoms with Crippen molar-refractivity contribution >= 4 is 0 Å². The fraction of sp³-hybridized carbons (Fsp3) is 0.455. The van der Waals surface area contributed by atoms with Crippen molar-refractivity contribution in [3.8, 4) is 17.2 Å². The predicted octanol–water partition coefficient (Wildman–Crippen LogP) is 1.68. The number of benzene rings is 1. The van der Waals surface area contributed by atoms with Gasteiger partial charge in [-0.15, -0.1) is 0 Å². The van der Waals surface area contributed by atoms with Gasteiger partial charge in [0.1, 0.15) is 12.4 Å². The van der Waals surface area contributed by atoms with E-state index >= 15 is 0 Å². The molecular weight excluding hydrogens is 213 g/mol. The van der Waals surface area contributed by atoms with Gasteiger partial charge in [0.25, 0.3) is 0 Å². The lowest BCUT2D eigenvalue weighted by molar-refractivity contribution is 0.343. The molecule has 5 heteroatoms. The Hall–Kier alpha value is -1.49. The first-order valence-corrected chi connectivity index (χ1v) is 4.79. The molecule has 0 radical (unpaired) electrons. The van der Waals surface area contributed by atoms with Crippen molar-refractivity contribution in [2.45, 2.75) is 6.04 Å². The molecule has 0 heterocycles. The predicted molar refractivity (Wildman–Crippen MR) is 59.0 cm³/mol. The van der Waals surface area contributed by atoms with Crippen LogP contribution in [0.1, 0.15) is 11.6 Å². The van der Waals surface area contributed by atoms with E-state index in [1.165, 1.54) is 21.3 Å². The summed E-state index contributed by atoms with van der Waals surface area (Å²) in [6.45, 7) is -0.661. The first-order valence-electron chi connectivity index (χ1n) is 4.79. The van der Waals surface area contributed by atoms with Gasteiger partial charge in [0.15, 0.2) is 11.5 Å². The molecule has 0 aliphatic rings. The van der Waals surface area contributed by atoms with Crippen molar-refractivity contribution < 1.29 is 18.6 Å². The summed E-state index contributed by atoms with van der Waals surface area (Å²) in [6, 6.07) is 2.53. The summed E-state index contributed by atoms with van der Waals surface area (Å²) < 4.78 is 27.9. The zero-order chi connectivity index (χ0) is 12.1. The SMILES string of the molecule is COc1cc(OC)c([C@@H](N)CF)cc1OC. The molecule has 0 fully saturated rings. The van der Waals surface area contributed by atoms with Crippen LogP contribution in [0.15, 0.2) is 12.1 Å². The largest absolute Gasteiger partial charge is 0.496 e. The second kappa shape index (κ2) is 5.55. The van der Waals surface area contributed by atoms with Crippen molar-refractivity contribution in [1.29, 1.82) is 0 Å². The highest BCUT2D eigenvalue weighted by atomic mass is 19.1. The molecular formula is C11H16FNO3. The van der Waals surface area contributed by atoms with Crippen LogP contribution in [0.4, 0.5) is 4.39 Å². The van der Waals surface area contributed by atoms with Gasteiger partial charge in [-0.3, -0.25) is 0 Å². The van der Waals surface area contributed by atoms with Gasteiger partial charge in [-0.2, -0.15) is 0 Å². The number of halogens is 1. The number of alkyl halides is 1. The molecule has 0 spiro atoms. The highest BCUT2D eigenvalue weighted by Gasteiger charge is 2.16. The molecule has 0 bridgehead atoms. The van der Waals surface area contributed by atoms with Crippen LogP contribution in [-0.4, -0.2) is 28.0 Å². The summed E-state index contributed by atoms with van der Waals surface area (Å²) >= 11 is 0. The normalized spacial score (nSPS) is 12.1. The zero-order valence-electron chi connectivity index (χ0n) is 9.62. The van der Waals surface area contributed by atoms with E-state index in [4.69, 9.17) is 19.9 Å². The number of methoxy groups -OCH3 is 3. The Bertz CT molecular complexity index is 357. The topological polar surface area (TPSA) is 53.7 Å². The third-order valence-electron chi connectivity index (χ3n) is 2.30. The summed E-state index contributed by atoms with van der Waals surface area (Å²) in [5.41, 5.74) is 6.19. The number of nitrogens with two attached hydrogens (primary N) is 1. The molecule has 1 atom stereocenters. The Morgan fingerprint density at radius 1 is 1.06 bits per heavy atom. The molecule has 1 rings (SSSR count). The van der Waals surface area contributed by atoms with Crippen molar-refractivity contribution in [2.24, 2.45) is 5.73 Å². The third kappa shape index (κ3) is 2.36. The Morgan fingerprint density at radius 3 is 2.00 bits per heavy atom. The van der Waals surface area contributed by atoms with Gasteiger partial charge in [-0.1, -0.05) is 0 Å². The maximum absolute atomic E-state index is 12.6. The average Bonchev–Trinajstić information content (AvgIpc) is 2.35. The minimum atomic E-state index is -0.727. The fourth-order valence-corrected chi connectivity index (χ4v) is 1.43. The second-order valence-corrected chi connectivity index (χ2v) is 3.21. The number of rotatable bonds is 5. The van der Waals surface area contributed by atoms with Gasteiger partial charge in [0.05, 0.1) is 27.4 Å². The first kappa shape index (κ1) is 12.6. The van der Waals surface area contributed by atoms with Crippen LogP contribution >= 0.6 is 0 Å². The van der Waals surface area contributed by atoms with Crippen LogP contribution in [0.25, 0.3) is 0 Å². The van der Waals surface area contributed by atoms with Crippen LogP contribution in [0.3, 0.4) is 0 Å². The zero-order valence-corrected chi connectivity index (χ0v) is 9.62. The van der Waals surface area contributed by atoms with Crippen molar-refractivity contribution in [3.05, 3.63) is 17.7 Å². The highest BCUT2D eigenvalue weighted by Crippen LogP contribution is 2.36. The Morgan fingerprint density at radius 2 is 1.56 bits per heavy atom. The molecule has 90 valence electrons. The Labute approximate surface area is 94.1 Å². The number of hydrogen-bond acceptors (Lipinski definition) is 4. The standard InChI is InChI=1S/C11H16FNO3/c1-14-9-5-11(16-3)10(15-2)4-7(9)8(13)6-12/h4-5,8H,6,13H2,1-3H3/t8-/m0/s1. The van der Waals surface area contributed by atoms with E-state index in [1.54, 1.807) is 12.1 Å². The highest BCUT2D eigenvalue weighted by molar-refractivity contribution is 5.51. The molecule has 1 aromatic carbocycles. The molecule has 0 unspecified atom stereocenters. The molecule has 0 saturated carbocycles. The molecule has 0 aliphatic heterocycles. The maximum atomic E-state index is 12.6. The molecule has 1 aromatic rings. The van der Waals surface area contributed by atoms with Gasteiger partial charge in [-0.05, 0) is 6.07 Å². The van der Waals surface area contributed by atoms with E-state index in [2.05, 4.69) is 0 Å². The minimum absolute atomic E-state index is 0.489. The summed E-state index contributed by atoms with van der Waals surface area (Å²) in [7, 11) is 4.52. The van der Waals surface area contributed by atoms with Crippen LogP contribution in [0.5, 0.6) is 17.2 Å².